The van der Waals surface area contributed by atoms with Gasteiger partial charge in [0.15, 0.2) is 0 Å². The summed E-state index contributed by atoms with van der Waals surface area (Å²) in [6, 6.07) is 13.9. The number of carbonyl (C=O) groups is 1. The highest BCUT2D eigenvalue weighted by atomic mass is 16.5. The molecular formula is C26H29N3O4. The number of ether oxygens (including phenoxy) is 1. The summed E-state index contributed by atoms with van der Waals surface area (Å²) >= 11 is 0. The molecule has 172 valence electrons. The van der Waals surface area contributed by atoms with E-state index >= 15 is 0 Å². The molecule has 2 aromatic heterocycles. The van der Waals surface area contributed by atoms with Crippen LogP contribution in [0.25, 0.3) is 22.4 Å². The first-order valence-electron chi connectivity index (χ1n) is 11.4. The number of pyridine rings is 1. The number of rotatable bonds is 8. The molecule has 7 heteroatoms. The number of aryl methyl sites for hydroxylation is 1. The van der Waals surface area contributed by atoms with E-state index in [-0.39, 0.29) is 12.2 Å². The number of aromatic amines is 1. The maximum absolute atomic E-state index is 13.0. The lowest BCUT2D eigenvalue weighted by Gasteiger charge is -2.28. The van der Waals surface area contributed by atoms with Crippen LogP contribution in [0.15, 0.2) is 53.5 Å². The van der Waals surface area contributed by atoms with Gasteiger partial charge in [-0.2, -0.15) is 5.10 Å². The number of benzene rings is 1. The fourth-order valence-electron chi connectivity index (χ4n) is 4.70. The van der Waals surface area contributed by atoms with E-state index in [9.17, 15) is 9.59 Å². The van der Waals surface area contributed by atoms with Gasteiger partial charge >= 0.3 is 5.97 Å². The van der Waals surface area contributed by atoms with E-state index in [1.165, 1.54) is 0 Å². The Labute approximate surface area is 192 Å². The number of carboxylic acid groups (broad SMARTS) is 1. The predicted molar refractivity (Wildman–Crippen MR) is 126 cm³/mol. The average molecular weight is 448 g/mol. The lowest BCUT2D eigenvalue weighted by molar-refractivity contribution is -0.142. The summed E-state index contributed by atoms with van der Waals surface area (Å²) in [4.78, 5) is 28.0. The summed E-state index contributed by atoms with van der Waals surface area (Å²) in [7, 11) is 0. The van der Waals surface area contributed by atoms with Gasteiger partial charge in [0.1, 0.15) is 6.61 Å². The molecule has 1 saturated carbocycles. The van der Waals surface area contributed by atoms with Gasteiger partial charge in [0.25, 0.3) is 5.56 Å². The van der Waals surface area contributed by atoms with Crippen molar-refractivity contribution < 1.29 is 14.6 Å². The fourth-order valence-corrected chi connectivity index (χ4v) is 4.70. The number of nitrogens with one attached hydrogen (secondary N) is 1. The van der Waals surface area contributed by atoms with Crippen molar-refractivity contribution in [2.45, 2.75) is 39.0 Å². The Balaban J connectivity index is 1.61. The molecule has 3 aromatic rings. The zero-order valence-electron chi connectivity index (χ0n) is 18.8. The summed E-state index contributed by atoms with van der Waals surface area (Å²) in [5.74, 6) is -0.179. The molecule has 0 aliphatic heterocycles. The second kappa shape index (κ2) is 10.5. The number of nitrogens with zero attached hydrogens (tertiary/aromatic N) is 2. The lowest BCUT2D eigenvalue weighted by atomic mass is 9.78. The molecule has 0 atom stereocenters. The third-order valence-corrected chi connectivity index (χ3v) is 6.35. The van der Waals surface area contributed by atoms with Gasteiger partial charge in [-0.25, -0.2) is 9.89 Å². The molecule has 0 spiro atoms. The fraction of sp³-hybridized carbons (Fsp3) is 0.385. The minimum atomic E-state index is -0.936. The monoisotopic (exact) mass is 447 g/mol. The number of aliphatic carboxylic acids is 1. The van der Waals surface area contributed by atoms with E-state index in [2.05, 4.69) is 15.2 Å². The summed E-state index contributed by atoms with van der Waals surface area (Å²) < 4.78 is 5.29. The first-order chi connectivity index (χ1) is 16.0. The summed E-state index contributed by atoms with van der Waals surface area (Å²) in [5.41, 5.74) is 5.06. The lowest BCUT2D eigenvalue weighted by Crippen LogP contribution is -2.25. The topological polar surface area (TPSA) is 105 Å². The zero-order chi connectivity index (χ0) is 23.2. The van der Waals surface area contributed by atoms with Crippen molar-refractivity contribution in [2.24, 2.45) is 11.8 Å². The Bertz CT molecular complexity index is 1150. The number of aromatic nitrogens is 3. The van der Waals surface area contributed by atoms with E-state index in [0.29, 0.717) is 24.9 Å². The van der Waals surface area contributed by atoms with Crippen LogP contribution in [-0.2, 0) is 16.0 Å². The number of hydrogen-bond acceptors (Lipinski definition) is 5. The van der Waals surface area contributed by atoms with Crippen molar-refractivity contribution in [1.82, 2.24) is 15.2 Å². The maximum Gasteiger partial charge on any atom is 0.329 e. The normalized spacial score (nSPS) is 18.2. The van der Waals surface area contributed by atoms with Crippen molar-refractivity contribution in [1.29, 1.82) is 0 Å². The van der Waals surface area contributed by atoms with Crippen LogP contribution >= 0.6 is 0 Å². The third-order valence-electron chi connectivity index (χ3n) is 6.35. The van der Waals surface area contributed by atoms with Crippen LogP contribution in [0.1, 0.15) is 36.9 Å². The van der Waals surface area contributed by atoms with Gasteiger partial charge in [-0.05, 0) is 68.6 Å². The molecule has 0 saturated heterocycles. The van der Waals surface area contributed by atoms with Crippen LogP contribution in [0.5, 0.6) is 0 Å². The van der Waals surface area contributed by atoms with Crippen LogP contribution < -0.4 is 5.56 Å². The highest BCUT2D eigenvalue weighted by molar-refractivity contribution is 5.82. The molecule has 1 aliphatic rings. The van der Waals surface area contributed by atoms with E-state index in [0.717, 1.165) is 59.3 Å². The van der Waals surface area contributed by atoms with Crippen molar-refractivity contribution in [3.63, 3.8) is 0 Å². The Hall–Kier alpha value is -3.32. The Morgan fingerprint density at radius 2 is 1.82 bits per heavy atom. The molecule has 0 unspecified atom stereocenters. The van der Waals surface area contributed by atoms with Crippen LogP contribution in [0.2, 0.25) is 0 Å². The van der Waals surface area contributed by atoms with E-state index < -0.39 is 5.97 Å². The van der Waals surface area contributed by atoms with Gasteiger partial charge in [-0.3, -0.25) is 9.78 Å². The molecule has 0 bridgehead atoms. The first-order valence-corrected chi connectivity index (χ1v) is 11.4. The summed E-state index contributed by atoms with van der Waals surface area (Å²) in [5, 5.41) is 15.9. The van der Waals surface area contributed by atoms with Crippen LogP contribution in [0.3, 0.4) is 0 Å². The summed E-state index contributed by atoms with van der Waals surface area (Å²) in [6.07, 6.45) is 6.37. The number of H-pyrrole nitrogens is 1. The SMILES string of the molecule is Cc1cc(-c2c(-c3ccccc3)n[nH]c(=O)c2C[C@H]2CC[C@H](COCC(=O)O)CC2)ccn1. The van der Waals surface area contributed by atoms with Gasteiger partial charge < -0.3 is 9.84 Å². The van der Waals surface area contributed by atoms with Crippen molar-refractivity contribution in [3.8, 4) is 22.4 Å². The molecule has 2 N–H and O–H groups in total. The predicted octanol–water partition coefficient (Wildman–Crippen LogP) is 4.26. The zero-order valence-corrected chi connectivity index (χ0v) is 18.8. The van der Waals surface area contributed by atoms with Gasteiger partial charge in [0, 0.05) is 28.6 Å². The molecule has 2 heterocycles. The van der Waals surface area contributed by atoms with Crippen LogP contribution in [0.4, 0.5) is 0 Å². The molecule has 0 radical (unpaired) electrons. The second-order valence-electron chi connectivity index (χ2n) is 8.81. The molecule has 33 heavy (non-hydrogen) atoms. The quantitative estimate of drug-likeness (QED) is 0.535. The highest BCUT2D eigenvalue weighted by Crippen LogP contribution is 2.36. The molecule has 1 aromatic carbocycles. The Morgan fingerprint density at radius 3 is 2.52 bits per heavy atom. The van der Waals surface area contributed by atoms with Gasteiger partial charge in [-0.1, -0.05) is 30.3 Å². The Morgan fingerprint density at radius 1 is 1.09 bits per heavy atom. The van der Waals surface area contributed by atoms with E-state index in [1.807, 2.05) is 49.4 Å². The standard InChI is InChI=1S/C26H29N3O4/c1-17-13-21(11-12-27-17)24-22(26(32)29-28-25(24)20-5-3-2-4-6-20)14-18-7-9-19(10-8-18)15-33-16-23(30)31/h2-6,11-13,18-19H,7-10,14-16H2,1H3,(H,29,32)(H,30,31)/t18-,19-. The van der Waals surface area contributed by atoms with Gasteiger partial charge in [0.05, 0.1) is 12.3 Å². The maximum atomic E-state index is 13.0. The van der Waals surface area contributed by atoms with Crippen LogP contribution in [0, 0.1) is 18.8 Å². The molecule has 7 nitrogen and oxygen atoms in total. The van der Waals surface area contributed by atoms with E-state index in [4.69, 9.17) is 9.84 Å². The smallest absolute Gasteiger partial charge is 0.329 e. The largest absolute Gasteiger partial charge is 0.480 e. The molecule has 1 aliphatic carbocycles. The van der Waals surface area contributed by atoms with Crippen molar-refractivity contribution in [2.75, 3.05) is 13.2 Å². The van der Waals surface area contributed by atoms with Crippen molar-refractivity contribution >= 4 is 5.97 Å². The van der Waals surface area contributed by atoms with Gasteiger partial charge in [-0.15, -0.1) is 0 Å². The number of carboxylic acids is 1. The summed E-state index contributed by atoms with van der Waals surface area (Å²) in [6.45, 7) is 2.18. The highest BCUT2D eigenvalue weighted by Gasteiger charge is 2.25. The van der Waals surface area contributed by atoms with Crippen molar-refractivity contribution in [3.05, 3.63) is 70.3 Å². The molecule has 0 amide bonds. The minimum absolute atomic E-state index is 0.147. The Kier molecular flexibility index (Phi) is 7.29. The molecule has 1 fully saturated rings. The first kappa shape index (κ1) is 22.9. The average Bonchev–Trinajstić information content (AvgIpc) is 2.81. The van der Waals surface area contributed by atoms with Gasteiger partial charge in [0.2, 0.25) is 0 Å². The molecular weight excluding hydrogens is 418 g/mol. The molecule has 4 rings (SSSR count). The second-order valence-corrected chi connectivity index (χ2v) is 8.81. The van der Waals surface area contributed by atoms with Crippen LogP contribution in [-0.4, -0.2) is 39.5 Å². The minimum Gasteiger partial charge on any atom is -0.480 e. The van der Waals surface area contributed by atoms with E-state index in [1.54, 1.807) is 6.20 Å². The number of hydrogen-bond donors (Lipinski definition) is 2. The third kappa shape index (κ3) is 5.73.